The molecule has 0 aromatic heterocycles. The zero-order valence-corrected chi connectivity index (χ0v) is 20.5. The maximum atomic E-state index is 12.7. The zero-order chi connectivity index (χ0) is 24.7. The van der Waals surface area contributed by atoms with Gasteiger partial charge in [-0.25, -0.2) is 4.79 Å². The summed E-state index contributed by atoms with van der Waals surface area (Å²) in [6, 6.07) is 3.95. The van der Waals surface area contributed by atoms with Crippen LogP contribution in [0.25, 0.3) is 0 Å². The van der Waals surface area contributed by atoms with Gasteiger partial charge in [-0.1, -0.05) is 24.0 Å². The van der Waals surface area contributed by atoms with E-state index in [-0.39, 0.29) is 34.6 Å². The van der Waals surface area contributed by atoms with E-state index in [0.29, 0.717) is 41.2 Å². The number of aromatic hydroxyl groups is 2. The number of amides is 2. The normalized spacial score (nSPS) is 23.0. The van der Waals surface area contributed by atoms with Crippen molar-refractivity contribution in [2.75, 3.05) is 31.9 Å². The minimum atomic E-state index is -1.18. The van der Waals surface area contributed by atoms with Crippen LogP contribution in [0.15, 0.2) is 28.8 Å². The standard InChI is InChI=1S/C21H23N3O7S3/c1-10(25)15-18(29)24-16(20(30)31)14(34-19(15)24)9-33-21(32)23-6-4-22(5-7-23)17(28)11-2-3-12(26)13(27)8-11/h2-3,8,10,15,19,25-27H,4-7,9H2,1H3,(H,30,31)/t10-,15+,19-/m1/s1. The van der Waals surface area contributed by atoms with Crippen molar-refractivity contribution in [3.8, 4) is 11.5 Å². The van der Waals surface area contributed by atoms with Crippen molar-refractivity contribution in [1.82, 2.24) is 14.7 Å². The molecular formula is C21H23N3O7S3. The summed E-state index contributed by atoms with van der Waals surface area (Å²) in [5.41, 5.74) is 0.238. The number of carboxylic acids is 1. The van der Waals surface area contributed by atoms with Crippen LogP contribution in [0.3, 0.4) is 0 Å². The Morgan fingerprint density at radius 3 is 2.41 bits per heavy atom. The molecular weight excluding hydrogens is 502 g/mol. The van der Waals surface area contributed by atoms with Crippen LogP contribution in [0, 0.1) is 5.92 Å². The number of hydrogen-bond acceptors (Lipinski definition) is 9. The Morgan fingerprint density at radius 2 is 1.82 bits per heavy atom. The maximum Gasteiger partial charge on any atom is 0.353 e. The number of thioether (sulfide) groups is 2. The van der Waals surface area contributed by atoms with Gasteiger partial charge in [-0.3, -0.25) is 14.5 Å². The number of carbonyl (C=O) groups is 3. The van der Waals surface area contributed by atoms with E-state index in [1.165, 1.54) is 53.5 Å². The highest BCUT2D eigenvalue weighted by molar-refractivity contribution is 8.23. The van der Waals surface area contributed by atoms with Gasteiger partial charge in [-0.15, -0.1) is 11.8 Å². The van der Waals surface area contributed by atoms with E-state index in [1.807, 2.05) is 4.90 Å². The molecule has 182 valence electrons. The molecule has 0 spiro atoms. The largest absolute Gasteiger partial charge is 0.504 e. The van der Waals surface area contributed by atoms with Gasteiger partial charge in [0, 0.05) is 42.4 Å². The minimum Gasteiger partial charge on any atom is -0.504 e. The molecule has 10 nitrogen and oxygen atoms in total. The fourth-order valence-corrected chi connectivity index (χ4v) is 7.06. The first-order valence-electron chi connectivity index (χ1n) is 10.5. The quantitative estimate of drug-likeness (QED) is 0.249. The molecule has 3 atom stereocenters. The summed E-state index contributed by atoms with van der Waals surface area (Å²) in [4.78, 5) is 42.1. The molecule has 3 heterocycles. The minimum absolute atomic E-state index is 0.0419. The van der Waals surface area contributed by atoms with E-state index >= 15 is 0 Å². The number of aliphatic hydroxyl groups is 1. The van der Waals surface area contributed by atoms with Gasteiger partial charge in [0.15, 0.2) is 11.5 Å². The third-order valence-corrected chi connectivity index (χ3v) is 9.05. The molecule has 0 saturated carbocycles. The van der Waals surface area contributed by atoms with Crippen LogP contribution in [0.2, 0.25) is 0 Å². The molecule has 34 heavy (non-hydrogen) atoms. The molecule has 3 aliphatic rings. The van der Waals surface area contributed by atoms with E-state index in [2.05, 4.69) is 0 Å². The molecule has 0 bridgehead atoms. The molecule has 4 N–H and O–H groups in total. The lowest BCUT2D eigenvalue weighted by Crippen LogP contribution is -2.60. The first kappa shape index (κ1) is 24.6. The van der Waals surface area contributed by atoms with Gasteiger partial charge in [-0.2, -0.15) is 0 Å². The Bertz CT molecular complexity index is 1090. The van der Waals surface area contributed by atoms with E-state index in [0.717, 1.165) is 0 Å². The molecule has 0 radical (unpaired) electrons. The number of benzene rings is 1. The van der Waals surface area contributed by atoms with Gasteiger partial charge < -0.3 is 30.2 Å². The SMILES string of the molecule is C[C@@H](O)[C@H]1C(=O)N2C(C(=O)O)=C(CSC(=S)N3CCN(C(=O)c4ccc(O)c(O)c4)CC3)S[C@H]12. The summed E-state index contributed by atoms with van der Waals surface area (Å²) in [5, 5.41) is 38.1. The molecule has 2 amide bonds. The van der Waals surface area contributed by atoms with Crippen molar-refractivity contribution < 1.29 is 34.8 Å². The third-order valence-electron chi connectivity index (χ3n) is 5.95. The highest BCUT2D eigenvalue weighted by atomic mass is 32.2. The number of aliphatic carboxylic acids is 1. The molecule has 2 saturated heterocycles. The maximum absolute atomic E-state index is 12.7. The Hall–Kier alpha value is -2.48. The number of piperazine rings is 1. The lowest BCUT2D eigenvalue weighted by atomic mass is 9.92. The van der Waals surface area contributed by atoms with Gasteiger partial charge in [0.1, 0.15) is 15.4 Å². The van der Waals surface area contributed by atoms with Crippen LogP contribution in [-0.2, 0) is 9.59 Å². The second-order valence-corrected chi connectivity index (χ2v) is 10.9. The molecule has 13 heteroatoms. The Morgan fingerprint density at radius 1 is 1.18 bits per heavy atom. The van der Waals surface area contributed by atoms with Crippen molar-refractivity contribution in [3.63, 3.8) is 0 Å². The molecule has 2 fully saturated rings. The van der Waals surface area contributed by atoms with Crippen LogP contribution in [0.1, 0.15) is 17.3 Å². The number of carboxylic acid groups (broad SMARTS) is 1. The summed E-state index contributed by atoms with van der Waals surface area (Å²) in [6.45, 7) is 3.35. The van der Waals surface area contributed by atoms with Crippen molar-refractivity contribution in [2.45, 2.75) is 18.4 Å². The number of phenolic OH excluding ortho intramolecular Hbond substituents is 2. The smallest absolute Gasteiger partial charge is 0.353 e. The van der Waals surface area contributed by atoms with Crippen LogP contribution in [-0.4, -0.2) is 101 Å². The first-order valence-corrected chi connectivity index (χ1v) is 12.7. The van der Waals surface area contributed by atoms with E-state index < -0.39 is 23.4 Å². The molecule has 4 rings (SSSR count). The fraction of sp³-hybridized carbons (Fsp3) is 0.429. The first-order chi connectivity index (χ1) is 16.1. The lowest BCUT2D eigenvalue weighted by Gasteiger charge is -2.43. The predicted molar refractivity (Wildman–Crippen MR) is 130 cm³/mol. The average molecular weight is 526 g/mol. The van der Waals surface area contributed by atoms with Gasteiger partial charge in [0.2, 0.25) is 5.91 Å². The predicted octanol–water partition coefficient (Wildman–Crippen LogP) is 1.08. The number of carbonyl (C=O) groups excluding carboxylic acids is 2. The van der Waals surface area contributed by atoms with E-state index in [9.17, 15) is 34.8 Å². The van der Waals surface area contributed by atoms with Crippen molar-refractivity contribution >= 4 is 57.8 Å². The van der Waals surface area contributed by atoms with Gasteiger partial charge >= 0.3 is 5.97 Å². The number of nitrogens with zero attached hydrogens (tertiary/aromatic N) is 3. The van der Waals surface area contributed by atoms with Crippen LogP contribution in [0.4, 0.5) is 0 Å². The van der Waals surface area contributed by atoms with Gasteiger partial charge in [0.05, 0.1) is 12.0 Å². The Kier molecular flexibility index (Phi) is 6.99. The third kappa shape index (κ3) is 4.44. The number of thiocarbonyl (C=S) groups is 1. The number of fused-ring (bicyclic) bond motifs is 1. The summed E-state index contributed by atoms with van der Waals surface area (Å²) >= 11 is 8.12. The zero-order valence-electron chi connectivity index (χ0n) is 18.1. The second-order valence-electron chi connectivity index (χ2n) is 8.10. The van der Waals surface area contributed by atoms with Gasteiger partial charge in [0.25, 0.3) is 5.91 Å². The fourth-order valence-electron chi connectivity index (χ4n) is 4.10. The number of aliphatic hydroxyl groups excluding tert-OH is 1. The summed E-state index contributed by atoms with van der Waals surface area (Å²) in [7, 11) is 0. The highest BCUT2D eigenvalue weighted by Gasteiger charge is 2.57. The van der Waals surface area contributed by atoms with Crippen molar-refractivity contribution in [2.24, 2.45) is 5.92 Å². The molecule has 0 unspecified atom stereocenters. The molecule has 1 aromatic carbocycles. The number of β-lactam (4-membered cyclic amide) rings is 1. The summed E-state index contributed by atoms with van der Waals surface area (Å²) < 4.78 is 0.569. The topological polar surface area (TPSA) is 142 Å². The second kappa shape index (κ2) is 9.64. The lowest BCUT2D eigenvalue weighted by molar-refractivity contribution is -0.156. The monoisotopic (exact) mass is 525 g/mol. The number of phenols is 2. The van der Waals surface area contributed by atoms with Crippen molar-refractivity contribution in [3.05, 3.63) is 34.4 Å². The van der Waals surface area contributed by atoms with Crippen molar-refractivity contribution in [1.29, 1.82) is 0 Å². The van der Waals surface area contributed by atoms with Crippen LogP contribution >= 0.6 is 35.7 Å². The average Bonchev–Trinajstić information content (AvgIpc) is 3.13. The number of rotatable bonds is 5. The van der Waals surface area contributed by atoms with Gasteiger partial charge in [-0.05, 0) is 25.1 Å². The highest BCUT2D eigenvalue weighted by Crippen LogP contribution is 2.51. The Labute approximate surface area is 209 Å². The number of hydrogen-bond donors (Lipinski definition) is 4. The van der Waals surface area contributed by atoms with Crippen LogP contribution < -0.4 is 0 Å². The summed E-state index contributed by atoms with van der Waals surface area (Å²) in [6.07, 6.45) is -0.853. The van der Waals surface area contributed by atoms with E-state index in [1.54, 1.807) is 4.90 Å². The molecule has 0 aliphatic carbocycles. The molecule has 1 aromatic rings. The summed E-state index contributed by atoms with van der Waals surface area (Å²) in [5.74, 6) is -2.78. The van der Waals surface area contributed by atoms with E-state index in [4.69, 9.17) is 12.2 Å². The van der Waals surface area contributed by atoms with Crippen LogP contribution in [0.5, 0.6) is 11.5 Å². The Balaban J connectivity index is 1.32. The molecule has 3 aliphatic heterocycles.